The minimum atomic E-state index is 0.212. The van der Waals surface area contributed by atoms with Crippen LogP contribution in [-0.4, -0.2) is 46.8 Å². The normalized spacial score (nSPS) is 26.8. The van der Waals surface area contributed by atoms with E-state index in [1.54, 1.807) is 11.3 Å². The molecule has 128 valence electrons. The Labute approximate surface area is 146 Å². The summed E-state index contributed by atoms with van der Waals surface area (Å²) in [6.45, 7) is 8.06. The van der Waals surface area contributed by atoms with Gasteiger partial charge in [0.15, 0.2) is 0 Å². The summed E-state index contributed by atoms with van der Waals surface area (Å²) in [7, 11) is 0. The first-order chi connectivity index (χ1) is 11.7. The van der Waals surface area contributed by atoms with Gasteiger partial charge in [0.25, 0.3) is 0 Å². The number of rotatable bonds is 5. The third-order valence-corrected chi connectivity index (χ3v) is 5.70. The number of nitrogens with zero attached hydrogens (tertiary/aromatic N) is 3. The van der Waals surface area contributed by atoms with Gasteiger partial charge >= 0.3 is 0 Å². The van der Waals surface area contributed by atoms with Crippen LogP contribution in [0, 0.1) is 19.8 Å². The van der Waals surface area contributed by atoms with Gasteiger partial charge in [-0.25, -0.2) is 4.98 Å². The number of thiazole rings is 1. The van der Waals surface area contributed by atoms with E-state index in [1.807, 2.05) is 19.9 Å². The van der Waals surface area contributed by atoms with Crippen molar-refractivity contribution < 1.29 is 9.47 Å². The first-order valence-corrected chi connectivity index (χ1v) is 9.34. The fraction of sp³-hybridized carbons (Fsp3) is 0.556. The van der Waals surface area contributed by atoms with Crippen LogP contribution in [-0.2, 0) is 22.6 Å². The van der Waals surface area contributed by atoms with Crippen molar-refractivity contribution in [2.75, 3.05) is 19.8 Å². The van der Waals surface area contributed by atoms with E-state index in [-0.39, 0.29) is 6.10 Å². The predicted octanol–water partition coefficient (Wildman–Crippen LogP) is 2.57. The molecule has 0 saturated carbocycles. The SMILES string of the molecule is Cc1cccc(CN2C[C@H](OCc3csc(C)n3)[C@H]3COC[C@H]32)n1. The van der Waals surface area contributed by atoms with E-state index in [0.717, 1.165) is 48.4 Å². The van der Waals surface area contributed by atoms with Gasteiger partial charge in [0.05, 0.1) is 42.3 Å². The highest BCUT2D eigenvalue weighted by molar-refractivity contribution is 7.09. The Morgan fingerprint density at radius 2 is 2.17 bits per heavy atom. The van der Waals surface area contributed by atoms with Crippen molar-refractivity contribution in [2.45, 2.75) is 39.1 Å². The maximum absolute atomic E-state index is 6.21. The second-order valence-corrected chi connectivity index (χ2v) is 7.74. The third kappa shape index (κ3) is 3.37. The Balaban J connectivity index is 1.41. The highest BCUT2D eigenvalue weighted by Gasteiger charge is 2.46. The summed E-state index contributed by atoms with van der Waals surface area (Å²) in [4.78, 5) is 11.6. The summed E-state index contributed by atoms with van der Waals surface area (Å²) >= 11 is 1.68. The summed E-state index contributed by atoms with van der Waals surface area (Å²) < 4.78 is 11.9. The summed E-state index contributed by atoms with van der Waals surface area (Å²) in [5, 5.41) is 3.18. The van der Waals surface area contributed by atoms with E-state index in [9.17, 15) is 0 Å². The average Bonchev–Trinajstić information content (AvgIpc) is 3.24. The quantitative estimate of drug-likeness (QED) is 0.833. The first kappa shape index (κ1) is 16.1. The number of pyridine rings is 1. The standard InChI is InChI=1S/C18H23N3O2S/c1-12-4-3-5-14(19-12)6-21-7-18(16-9-22-10-17(16)21)23-8-15-11-24-13(2)20-15/h3-5,11,16-18H,6-10H2,1-2H3/t16-,17+,18-/m0/s1. The molecule has 0 N–H and O–H groups in total. The number of ether oxygens (including phenoxy) is 2. The van der Waals surface area contributed by atoms with E-state index in [4.69, 9.17) is 9.47 Å². The van der Waals surface area contributed by atoms with Gasteiger partial charge in [-0.1, -0.05) is 6.07 Å². The largest absolute Gasteiger partial charge is 0.379 e. The second kappa shape index (κ2) is 6.88. The van der Waals surface area contributed by atoms with Crippen molar-refractivity contribution in [3.63, 3.8) is 0 Å². The molecule has 2 aromatic rings. The zero-order chi connectivity index (χ0) is 16.5. The minimum absolute atomic E-state index is 0.212. The first-order valence-electron chi connectivity index (χ1n) is 8.46. The molecule has 24 heavy (non-hydrogen) atoms. The maximum atomic E-state index is 6.21. The lowest BCUT2D eigenvalue weighted by molar-refractivity contribution is 0.00749. The fourth-order valence-corrected chi connectivity index (χ4v) is 4.31. The smallest absolute Gasteiger partial charge is 0.0901 e. The van der Waals surface area contributed by atoms with Crippen molar-refractivity contribution in [2.24, 2.45) is 5.92 Å². The summed E-state index contributed by atoms with van der Waals surface area (Å²) in [6, 6.07) is 6.66. The molecule has 0 amide bonds. The molecule has 3 atom stereocenters. The van der Waals surface area contributed by atoms with Crippen LogP contribution in [0.3, 0.4) is 0 Å². The molecule has 2 aliphatic heterocycles. The van der Waals surface area contributed by atoms with Crippen LogP contribution in [0.4, 0.5) is 0 Å². The lowest BCUT2D eigenvalue weighted by Gasteiger charge is -2.21. The monoisotopic (exact) mass is 345 g/mol. The zero-order valence-corrected chi connectivity index (χ0v) is 15.0. The molecule has 0 aliphatic carbocycles. The Hall–Kier alpha value is -1.34. The van der Waals surface area contributed by atoms with E-state index in [0.29, 0.717) is 18.6 Å². The molecule has 2 aromatic heterocycles. The Morgan fingerprint density at radius 3 is 2.96 bits per heavy atom. The highest BCUT2D eigenvalue weighted by Crippen LogP contribution is 2.33. The molecule has 4 rings (SSSR count). The summed E-state index contributed by atoms with van der Waals surface area (Å²) in [5.74, 6) is 0.453. The Kier molecular flexibility index (Phi) is 4.63. The molecular weight excluding hydrogens is 322 g/mol. The summed E-state index contributed by atoms with van der Waals surface area (Å²) in [6.07, 6.45) is 0.212. The van der Waals surface area contributed by atoms with Gasteiger partial charge in [0.1, 0.15) is 0 Å². The van der Waals surface area contributed by atoms with Crippen molar-refractivity contribution in [1.29, 1.82) is 0 Å². The van der Waals surface area contributed by atoms with Crippen LogP contribution in [0.1, 0.15) is 22.1 Å². The van der Waals surface area contributed by atoms with Gasteiger partial charge in [-0.15, -0.1) is 11.3 Å². The van der Waals surface area contributed by atoms with Crippen LogP contribution >= 0.6 is 11.3 Å². The van der Waals surface area contributed by atoms with Gasteiger partial charge in [0, 0.05) is 36.1 Å². The van der Waals surface area contributed by atoms with Crippen molar-refractivity contribution >= 4 is 11.3 Å². The average molecular weight is 345 g/mol. The van der Waals surface area contributed by atoms with Crippen LogP contribution in [0.25, 0.3) is 0 Å². The van der Waals surface area contributed by atoms with E-state index in [2.05, 4.69) is 32.4 Å². The van der Waals surface area contributed by atoms with Crippen LogP contribution in [0.5, 0.6) is 0 Å². The molecule has 0 bridgehead atoms. The van der Waals surface area contributed by atoms with Crippen molar-refractivity contribution in [3.05, 3.63) is 45.7 Å². The fourth-order valence-electron chi connectivity index (χ4n) is 3.71. The number of aromatic nitrogens is 2. The number of aryl methyl sites for hydroxylation is 2. The zero-order valence-electron chi connectivity index (χ0n) is 14.1. The molecular formula is C18H23N3O2S. The molecule has 2 aliphatic rings. The molecule has 0 aromatic carbocycles. The predicted molar refractivity (Wildman–Crippen MR) is 92.9 cm³/mol. The number of hydrogen-bond acceptors (Lipinski definition) is 6. The van der Waals surface area contributed by atoms with Crippen LogP contribution in [0.15, 0.2) is 23.6 Å². The Morgan fingerprint density at radius 1 is 1.25 bits per heavy atom. The molecule has 5 nitrogen and oxygen atoms in total. The van der Waals surface area contributed by atoms with E-state index < -0.39 is 0 Å². The van der Waals surface area contributed by atoms with Gasteiger partial charge in [-0.2, -0.15) is 0 Å². The Bertz CT molecular complexity index is 705. The lowest BCUT2D eigenvalue weighted by Crippen LogP contribution is -2.32. The number of hydrogen-bond donors (Lipinski definition) is 0. The molecule has 6 heteroatoms. The van der Waals surface area contributed by atoms with E-state index >= 15 is 0 Å². The second-order valence-electron chi connectivity index (χ2n) is 6.68. The topological polar surface area (TPSA) is 47.5 Å². The molecule has 0 spiro atoms. The minimum Gasteiger partial charge on any atom is -0.379 e. The van der Waals surface area contributed by atoms with Gasteiger partial charge < -0.3 is 9.47 Å². The van der Waals surface area contributed by atoms with Crippen LogP contribution in [0.2, 0.25) is 0 Å². The molecule has 0 unspecified atom stereocenters. The highest BCUT2D eigenvalue weighted by atomic mass is 32.1. The number of fused-ring (bicyclic) bond motifs is 1. The lowest BCUT2D eigenvalue weighted by atomic mass is 10.0. The van der Waals surface area contributed by atoms with E-state index in [1.165, 1.54) is 0 Å². The van der Waals surface area contributed by atoms with Gasteiger partial charge in [-0.05, 0) is 26.0 Å². The third-order valence-electron chi connectivity index (χ3n) is 4.88. The van der Waals surface area contributed by atoms with Gasteiger partial charge in [0.2, 0.25) is 0 Å². The maximum Gasteiger partial charge on any atom is 0.0901 e. The molecule has 2 saturated heterocycles. The molecule has 4 heterocycles. The number of likely N-dealkylation sites (tertiary alicyclic amines) is 1. The molecule has 2 fully saturated rings. The van der Waals surface area contributed by atoms with Crippen molar-refractivity contribution in [1.82, 2.24) is 14.9 Å². The summed E-state index contributed by atoms with van der Waals surface area (Å²) in [5.41, 5.74) is 3.22. The van der Waals surface area contributed by atoms with Crippen molar-refractivity contribution in [3.8, 4) is 0 Å². The van der Waals surface area contributed by atoms with Gasteiger partial charge in [-0.3, -0.25) is 9.88 Å². The van der Waals surface area contributed by atoms with Crippen LogP contribution < -0.4 is 0 Å². The molecule has 0 radical (unpaired) electrons.